The molecule has 12 heteroatoms. The maximum Gasteiger partial charge on any atom is 0.353 e. The lowest BCUT2D eigenvalue weighted by atomic mass is 10.1. The summed E-state index contributed by atoms with van der Waals surface area (Å²) in [6.45, 7) is 15.6. The summed E-state index contributed by atoms with van der Waals surface area (Å²) in [6, 6.07) is 1.47. The Bertz CT molecular complexity index is 1090. The molecule has 248 valence electrons. The molecule has 0 saturated carbocycles. The second kappa shape index (κ2) is 19.2. The molecule has 2 heterocycles. The van der Waals surface area contributed by atoms with Gasteiger partial charge in [-0.15, -0.1) is 0 Å². The summed E-state index contributed by atoms with van der Waals surface area (Å²) in [6.07, 6.45) is 18.0. The minimum Gasteiger partial charge on any atom is -0.382 e. The number of nitrogen functional groups attached to an aromatic ring is 1. The van der Waals surface area contributed by atoms with Crippen molar-refractivity contribution in [3.63, 3.8) is 0 Å². The molecule has 0 aliphatic heterocycles. The number of nitrogens with zero attached hydrogens (tertiary/aromatic N) is 4. The standard InChI is InChI=1S/C31H60N5O5PSi/c1-27(23-36-25-35-28-29(32)33-24-34-30(28)36)40-26-42(37,38)41-21-20-39-19-17-15-13-11-9-7-8-10-12-14-16-18-22-43(5,6)31(2,3)4/h24-25,27H,7-23,26H2,1-6H3,(H,37,38)(H2,32,33,34)/t27-/m1/s1. The van der Waals surface area contributed by atoms with Crippen molar-refractivity contribution in [1.82, 2.24) is 19.5 Å². The van der Waals surface area contributed by atoms with Crippen molar-refractivity contribution in [2.75, 3.05) is 31.9 Å². The highest BCUT2D eigenvalue weighted by Gasteiger charge is 2.33. The van der Waals surface area contributed by atoms with E-state index in [0.29, 0.717) is 41.8 Å². The summed E-state index contributed by atoms with van der Waals surface area (Å²) in [5.74, 6) is 0.308. The summed E-state index contributed by atoms with van der Waals surface area (Å²) in [5, 5.41) is 0.520. The summed E-state index contributed by atoms with van der Waals surface area (Å²) in [5.41, 5.74) is 6.92. The Morgan fingerprint density at radius 2 is 1.49 bits per heavy atom. The number of unbranched alkanes of at least 4 members (excludes halogenated alkanes) is 11. The number of rotatable bonds is 24. The SMILES string of the molecule is C[C@H](Cn1cnc2c(N)ncnc21)OCP(=O)(O)OCCOCCCCCCCCCCCCCC[Si](C)(C)C(C)(C)C. The minimum absolute atomic E-state index is 0.0600. The zero-order valence-electron chi connectivity index (χ0n) is 27.9. The maximum absolute atomic E-state index is 12.3. The molecule has 0 aromatic carbocycles. The number of nitrogens with two attached hydrogens (primary N) is 1. The highest BCUT2D eigenvalue weighted by atomic mass is 31.2. The quantitative estimate of drug-likeness (QED) is 0.0661. The Hall–Kier alpha value is -1.36. The van der Waals surface area contributed by atoms with Crippen LogP contribution in [0.1, 0.15) is 105 Å². The van der Waals surface area contributed by atoms with Crippen LogP contribution in [-0.4, -0.2) is 64.8 Å². The van der Waals surface area contributed by atoms with E-state index < -0.39 is 22.0 Å². The van der Waals surface area contributed by atoms with Crippen LogP contribution in [0.15, 0.2) is 12.7 Å². The summed E-state index contributed by atoms with van der Waals surface area (Å²) < 4.78 is 30.4. The third-order valence-electron chi connectivity index (χ3n) is 8.80. The molecule has 0 amide bonds. The Morgan fingerprint density at radius 3 is 2.09 bits per heavy atom. The van der Waals surface area contributed by atoms with Crippen molar-refractivity contribution in [1.29, 1.82) is 0 Å². The number of imidazole rings is 1. The van der Waals surface area contributed by atoms with Gasteiger partial charge in [0.25, 0.3) is 0 Å². The van der Waals surface area contributed by atoms with E-state index in [0.717, 1.165) is 12.8 Å². The van der Waals surface area contributed by atoms with Crippen LogP contribution in [0.5, 0.6) is 0 Å². The zero-order chi connectivity index (χ0) is 31.8. The van der Waals surface area contributed by atoms with Gasteiger partial charge in [0.2, 0.25) is 0 Å². The topological polar surface area (TPSA) is 135 Å². The molecule has 3 N–H and O–H groups in total. The van der Waals surface area contributed by atoms with Crippen LogP contribution in [0.25, 0.3) is 11.2 Å². The molecule has 1 unspecified atom stereocenters. The molecule has 10 nitrogen and oxygen atoms in total. The average Bonchev–Trinajstić information content (AvgIpc) is 3.34. The van der Waals surface area contributed by atoms with E-state index in [9.17, 15) is 9.46 Å². The molecule has 0 spiro atoms. The Morgan fingerprint density at radius 1 is 0.907 bits per heavy atom. The zero-order valence-corrected chi connectivity index (χ0v) is 29.7. The van der Waals surface area contributed by atoms with E-state index >= 15 is 0 Å². The molecule has 0 aliphatic rings. The van der Waals surface area contributed by atoms with Gasteiger partial charge in [-0.3, -0.25) is 4.57 Å². The van der Waals surface area contributed by atoms with Gasteiger partial charge >= 0.3 is 7.60 Å². The molecule has 0 aliphatic carbocycles. The molecule has 0 radical (unpaired) electrons. The normalized spacial score (nSPS) is 14.8. The first-order valence-corrected chi connectivity index (χ1v) is 21.4. The molecule has 0 saturated heterocycles. The fourth-order valence-corrected chi connectivity index (χ4v) is 7.64. The van der Waals surface area contributed by atoms with Gasteiger partial charge in [0.1, 0.15) is 18.2 Å². The average molecular weight is 642 g/mol. The molecular weight excluding hydrogens is 581 g/mol. The van der Waals surface area contributed by atoms with Gasteiger partial charge in [-0.25, -0.2) is 15.0 Å². The van der Waals surface area contributed by atoms with Gasteiger partial charge in [0.15, 0.2) is 11.5 Å². The van der Waals surface area contributed by atoms with E-state index in [1.165, 1.54) is 76.6 Å². The lowest BCUT2D eigenvalue weighted by molar-refractivity contribution is 0.0610. The molecule has 43 heavy (non-hydrogen) atoms. The predicted molar refractivity (Wildman–Crippen MR) is 179 cm³/mol. The molecule has 0 bridgehead atoms. The summed E-state index contributed by atoms with van der Waals surface area (Å²) in [4.78, 5) is 22.4. The number of ether oxygens (including phenoxy) is 2. The van der Waals surface area contributed by atoms with E-state index in [-0.39, 0.29) is 12.7 Å². The fourth-order valence-electron chi connectivity index (χ4n) is 4.88. The molecule has 2 aromatic rings. The second-order valence-corrected chi connectivity index (χ2v) is 21.2. The summed E-state index contributed by atoms with van der Waals surface area (Å²) >= 11 is 0. The number of fused-ring (bicyclic) bond motifs is 1. The van der Waals surface area contributed by atoms with Crippen molar-refractivity contribution < 1.29 is 23.5 Å². The van der Waals surface area contributed by atoms with E-state index in [1.54, 1.807) is 17.8 Å². The smallest absolute Gasteiger partial charge is 0.353 e. The minimum atomic E-state index is -3.87. The van der Waals surface area contributed by atoms with Crippen LogP contribution >= 0.6 is 7.60 Å². The predicted octanol–water partition coefficient (Wildman–Crippen LogP) is 8.18. The Labute approximate surface area is 261 Å². The van der Waals surface area contributed by atoms with Gasteiger partial charge in [-0.1, -0.05) is 111 Å². The third kappa shape index (κ3) is 15.0. The van der Waals surface area contributed by atoms with Gasteiger partial charge in [0.05, 0.1) is 40.3 Å². The van der Waals surface area contributed by atoms with Crippen molar-refractivity contribution in [2.24, 2.45) is 0 Å². The molecule has 2 aromatic heterocycles. The van der Waals surface area contributed by atoms with Crippen molar-refractivity contribution in [3.05, 3.63) is 12.7 Å². The van der Waals surface area contributed by atoms with Crippen molar-refractivity contribution >= 4 is 32.7 Å². The van der Waals surface area contributed by atoms with E-state index in [4.69, 9.17) is 19.7 Å². The van der Waals surface area contributed by atoms with E-state index in [2.05, 4.69) is 48.8 Å². The first-order valence-electron chi connectivity index (χ1n) is 16.4. The Balaban J connectivity index is 1.37. The monoisotopic (exact) mass is 641 g/mol. The van der Waals surface area contributed by atoms with Crippen LogP contribution in [0.3, 0.4) is 0 Å². The summed E-state index contributed by atoms with van der Waals surface area (Å²) in [7, 11) is -4.95. The fraction of sp³-hybridized carbons (Fsp3) is 0.839. The number of hydrogen-bond donors (Lipinski definition) is 2. The second-order valence-electron chi connectivity index (χ2n) is 13.6. The number of hydrogen-bond acceptors (Lipinski definition) is 8. The largest absolute Gasteiger partial charge is 0.382 e. The lowest BCUT2D eigenvalue weighted by Gasteiger charge is -2.37. The van der Waals surface area contributed by atoms with Gasteiger partial charge in [-0.2, -0.15) is 0 Å². The molecule has 2 rings (SSSR count). The van der Waals surface area contributed by atoms with E-state index in [1.807, 2.05) is 0 Å². The first-order chi connectivity index (χ1) is 20.3. The Kier molecular flexibility index (Phi) is 16.9. The third-order valence-corrected chi connectivity index (χ3v) is 15.5. The van der Waals surface area contributed by atoms with Gasteiger partial charge in [-0.05, 0) is 18.4 Å². The molecule has 2 atom stereocenters. The molecule has 0 fully saturated rings. The van der Waals surface area contributed by atoms with Crippen LogP contribution in [0.4, 0.5) is 5.82 Å². The first kappa shape index (κ1) is 37.8. The number of aromatic nitrogens is 4. The lowest BCUT2D eigenvalue weighted by Crippen LogP contribution is -2.36. The van der Waals surface area contributed by atoms with Gasteiger partial charge in [0, 0.05) is 6.61 Å². The van der Waals surface area contributed by atoms with Crippen LogP contribution in [0.2, 0.25) is 24.2 Å². The van der Waals surface area contributed by atoms with Crippen molar-refractivity contribution in [3.8, 4) is 0 Å². The highest BCUT2D eigenvalue weighted by molar-refractivity contribution is 7.52. The van der Waals surface area contributed by atoms with Crippen molar-refractivity contribution in [2.45, 2.75) is 142 Å². The highest BCUT2D eigenvalue weighted by Crippen LogP contribution is 2.42. The maximum atomic E-state index is 12.3. The van der Waals surface area contributed by atoms with Gasteiger partial charge < -0.3 is 29.2 Å². The van der Waals surface area contributed by atoms with Crippen LogP contribution in [-0.2, 0) is 25.1 Å². The van der Waals surface area contributed by atoms with Crippen LogP contribution in [0, 0.1) is 0 Å². The number of anilines is 1. The molecular formula is C31H60N5O5PSi. The van der Waals surface area contributed by atoms with Crippen LogP contribution < -0.4 is 5.73 Å².